The summed E-state index contributed by atoms with van der Waals surface area (Å²) in [5.74, 6) is 0.662. The fourth-order valence-electron chi connectivity index (χ4n) is 2.52. The van der Waals surface area contributed by atoms with Crippen LogP contribution in [-0.2, 0) is 16.4 Å². The average Bonchev–Trinajstić information content (AvgIpc) is 2.67. The zero-order valence-electron chi connectivity index (χ0n) is 15.8. The van der Waals surface area contributed by atoms with Gasteiger partial charge >= 0.3 is 0 Å². The molecule has 2 N–H and O–H groups in total. The largest absolute Gasteiger partial charge is 0.357 e. The molecule has 0 bridgehead atoms. The van der Waals surface area contributed by atoms with Crippen LogP contribution < -0.4 is 10.6 Å². The molecule has 0 fully saturated rings. The van der Waals surface area contributed by atoms with Crippen molar-refractivity contribution in [2.75, 3.05) is 12.3 Å². The summed E-state index contributed by atoms with van der Waals surface area (Å²) in [6.45, 7) is 5.21. The lowest BCUT2D eigenvalue weighted by Crippen LogP contribution is -2.46. The van der Waals surface area contributed by atoms with Crippen LogP contribution in [-0.4, -0.2) is 32.7 Å². The highest BCUT2D eigenvalue weighted by Crippen LogP contribution is 2.12. The first kappa shape index (κ1) is 23.4. The fourth-order valence-corrected chi connectivity index (χ4v) is 4.13. The summed E-state index contributed by atoms with van der Waals surface area (Å²) in [7, 11) is -3.34. The average molecular weight is 501 g/mol. The molecule has 0 aromatic heterocycles. The van der Waals surface area contributed by atoms with E-state index in [1.54, 1.807) is 24.3 Å². The van der Waals surface area contributed by atoms with Gasteiger partial charge in [-0.1, -0.05) is 55.5 Å². The zero-order chi connectivity index (χ0) is 18.8. The van der Waals surface area contributed by atoms with Crippen LogP contribution in [0.5, 0.6) is 0 Å². The molecule has 2 aromatic carbocycles. The Balaban J connectivity index is 0.00000364. The van der Waals surface area contributed by atoms with E-state index in [9.17, 15) is 8.42 Å². The molecule has 5 nitrogen and oxygen atoms in total. The Hall–Kier alpha value is -1.61. The molecule has 1 atom stereocenters. The van der Waals surface area contributed by atoms with E-state index in [2.05, 4.69) is 15.6 Å². The molecule has 0 radical (unpaired) electrons. The predicted molar refractivity (Wildman–Crippen MR) is 122 cm³/mol. The lowest BCUT2D eigenvalue weighted by atomic mass is 10.2. The van der Waals surface area contributed by atoms with Crippen molar-refractivity contribution in [1.82, 2.24) is 10.6 Å². The summed E-state index contributed by atoms with van der Waals surface area (Å²) in [6.07, 6.45) is 0.682. The first-order valence-corrected chi connectivity index (χ1v) is 10.6. The number of rotatable bonds is 8. The van der Waals surface area contributed by atoms with Crippen LogP contribution in [0.25, 0.3) is 0 Å². The number of nitrogens with zero attached hydrogens (tertiary/aromatic N) is 1. The summed E-state index contributed by atoms with van der Waals surface area (Å²) in [4.78, 5) is 4.93. The van der Waals surface area contributed by atoms with Crippen molar-refractivity contribution >= 4 is 39.8 Å². The number of aliphatic imine (C=N–C) groups is 1. The van der Waals surface area contributed by atoms with Gasteiger partial charge in [0, 0.05) is 12.6 Å². The number of halogens is 1. The first-order valence-electron chi connectivity index (χ1n) is 8.91. The minimum atomic E-state index is -3.34. The normalized spacial score (nSPS) is 12.7. The van der Waals surface area contributed by atoms with Crippen LogP contribution in [0.15, 0.2) is 70.6 Å². The highest BCUT2D eigenvalue weighted by molar-refractivity contribution is 14.0. The second kappa shape index (κ2) is 12.0. The topological polar surface area (TPSA) is 70.6 Å². The minimum absolute atomic E-state index is 0. The molecule has 0 amide bonds. The Kier molecular flexibility index (Phi) is 10.4. The minimum Gasteiger partial charge on any atom is -0.357 e. The predicted octanol–water partition coefficient (Wildman–Crippen LogP) is 3.61. The van der Waals surface area contributed by atoms with E-state index in [4.69, 9.17) is 0 Å². The van der Waals surface area contributed by atoms with Crippen molar-refractivity contribution in [3.63, 3.8) is 0 Å². The zero-order valence-corrected chi connectivity index (χ0v) is 18.9. The Morgan fingerprint density at radius 3 is 2.15 bits per heavy atom. The Labute approximate surface area is 179 Å². The number of nitrogens with one attached hydrogen (secondary N) is 2. The van der Waals surface area contributed by atoms with Gasteiger partial charge in [0.15, 0.2) is 15.8 Å². The molecular formula is C20H28IN3O2S. The van der Waals surface area contributed by atoms with Gasteiger partial charge in [-0.2, -0.15) is 0 Å². The molecule has 0 spiro atoms. The number of guanidine groups is 1. The third-order valence-corrected chi connectivity index (χ3v) is 5.79. The third kappa shape index (κ3) is 7.88. The summed E-state index contributed by atoms with van der Waals surface area (Å²) in [5.41, 5.74) is 1.11. The summed E-state index contributed by atoms with van der Waals surface area (Å²) in [5, 5.41) is 6.45. The van der Waals surface area contributed by atoms with E-state index in [0.29, 0.717) is 30.4 Å². The highest BCUT2D eigenvalue weighted by atomic mass is 127. The van der Waals surface area contributed by atoms with Gasteiger partial charge in [-0.05, 0) is 31.0 Å². The Bertz CT molecular complexity index is 796. The number of hydrogen-bond donors (Lipinski definition) is 2. The van der Waals surface area contributed by atoms with Crippen LogP contribution in [0.3, 0.4) is 0 Å². The Morgan fingerprint density at radius 1 is 1.00 bits per heavy atom. The van der Waals surface area contributed by atoms with Crippen LogP contribution in [0.2, 0.25) is 0 Å². The second-order valence-electron chi connectivity index (χ2n) is 6.02. The SMILES string of the molecule is CCNC(=NCc1ccccc1)NC(CC)CS(=O)(=O)c1ccccc1.I. The lowest BCUT2D eigenvalue weighted by Gasteiger charge is -2.20. The van der Waals surface area contributed by atoms with E-state index in [-0.39, 0.29) is 35.8 Å². The van der Waals surface area contributed by atoms with Crippen LogP contribution >= 0.6 is 24.0 Å². The molecular weight excluding hydrogens is 473 g/mol. The van der Waals surface area contributed by atoms with Crippen molar-refractivity contribution < 1.29 is 8.42 Å². The van der Waals surface area contributed by atoms with Crippen molar-refractivity contribution in [2.45, 2.75) is 37.8 Å². The van der Waals surface area contributed by atoms with E-state index < -0.39 is 9.84 Å². The molecule has 0 aliphatic carbocycles. The number of benzene rings is 2. The van der Waals surface area contributed by atoms with Gasteiger partial charge in [0.25, 0.3) is 0 Å². The van der Waals surface area contributed by atoms with E-state index >= 15 is 0 Å². The van der Waals surface area contributed by atoms with Gasteiger partial charge in [0.1, 0.15) is 0 Å². The van der Waals surface area contributed by atoms with Crippen LogP contribution in [0.4, 0.5) is 0 Å². The van der Waals surface area contributed by atoms with Crippen LogP contribution in [0, 0.1) is 0 Å². The fraction of sp³-hybridized carbons (Fsp3) is 0.350. The first-order chi connectivity index (χ1) is 12.5. The standard InChI is InChI=1S/C20H27N3O2S.HI/c1-3-18(16-26(24,25)19-13-9-6-10-14-19)23-20(21-4-2)22-15-17-11-7-5-8-12-17;/h5-14,18H,3-4,15-16H2,1-2H3,(H2,21,22,23);1H. The van der Waals surface area contributed by atoms with Gasteiger partial charge in [-0.25, -0.2) is 13.4 Å². The molecule has 0 aliphatic heterocycles. The summed E-state index contributed by atoms with van der Waals surface area (Å²) in [6, 6.07) is 18.3. The molecule has 27 heavy (non-hydrogen) atoms. The third-order valence-electron chi connectivity index (χ3n) is 3.96. The van der Waals surface area contributed by atoms with E-state index in [0.717, 1.165) is 5.56 Å². The quantitative estimate of drug-likeness (QED) is 0.330. The van der Waals surface area contributed by atoms with E-state index in [1.807, 2.05) is 50.2 Å². The molecule has 0 heterocycles. The summed E-state index contributed by atoms with van der Waals surface area (Å²) >= 11 is 0. The highest BCUT2D eigenvalue weighted by Gasteiger charge is 2.20. The molecule has 1 unspecified atom stereocenters. The van der Waals surface area contributed by atoms with Gasteiger partial charge in [0.05, 0.1) is 17.2 Å². The maximum atomic E-state index is 12.6. The van der Waals surface area contributed by atoms with Crippen molar-refractivity contribution in [2.24, 2.45) is 4.99 Å². The maximum absolute atomic E-state index is 12.6. The van der Waals surface area contributed by atoms with Gasteiger partial charge in [0.2, 0.25) is 0 Å². The molecule has 2 aromatic rings. The van der Waals surface area contributed by atoms with Gasteiger partial charge < -0.3 is 10.6 Å². The number of hydrogen-bond acceptors (Lipinski definition) is 3. The lowest BCUT2D eigenvalue weighted by molar-refractivity contribution is 0.569. The summed E-state index contributed by atoms with van der Waals surface area (Å²) < 4.78 is 25.2. The molecule has 0 saturated carbocycles. The molecule has 7 heteroatoms. The van der Waals surface area contributed by atoms with Crippen molar-refractivity contribution in [1.29, 1.82) is 0 Å². The van der Waals surface area contributed by atoms with Crippen molar-refractivity contribution in [3.8, 4) is 0 Å². The number of sulfone groups is 1. The smallest absolute Gasteiger partial charge is 0.191 e. The maximum Gasteiger partial charge on any atom is 0.191 e. The van der Waals surface area contributed by atoms with Gasteiger partial charge in [-0.15, -0.1) is 24.0 Å². The van der Waals surface area contributed by atoms with E-state index in [1.165, 1.54) is 0 Å². The monoisotopic (exact) mass is 501 g/mol. The van der Waals surface area contributed by atoms with Crippen molar-refractivity contribution in [3.05, 3.63) is 66.2 Å². The van der Waals surface area contributed by atoms with Crippen LogP contribution in [0.1, 0.15) is 25.8 Å². The molecule has 148 valence electrons. The molecule has 2 rings (SSSR count). The van der Waals surface area contributed by atoms with Gasteiger partial charge in [-0.3, -0.25) is 0 Å². The molecule has 0 saturated heterocycles. The molecule has 0 aliphatic rings. The Morgan fingerprint density at radius 2 is 1.59 bits per heavy atom. The second-order valence-corrected chi connectivity index (χ2v) is 8.06.